The van der Waals surface area contributed by atoms with Crippen LogP contribution in [-0.4, -0.2) is 9.94 Å². The van der Waals surface area contributed by atoms with Crippen LogP contribution in [0, 0.1) is 12.3 Å². The van der Waals surface area contributed by atoms with Crippen molar-refractivity contribution in [1.82, 2.24) is 4.73 Å². The van der Waals surface area contributed by atoms with Crippen LogP contribution in [0.2, 0.25) is 5.02 Å². The SMILES string of the molecule is Cc1c(Cl)ccc(=N)n1O. The van der Waals surface area contributed by atoms with E-state index in [-0.39, 0.29) is 5.49 Å². The lowest BCUT2D eigenvalue weighted by Gasteiger charge is -2.02. The van der Waals surface area contributed by atoms with Crippen molar-refractivity contribution in [3.63, 3.8) is 0 Å². The first-order valence-corrected chi connectivity index (χ1v) is 3.12. The number of hydrogen-bond donors (Lipinski definition) is 2. The highest BCUT2D eigenvalue weighted by Crippen LogP contribution is 2.09. The lowest BCUT2D eigenvalue weighted by Crippen LogP contribution is -2.18. The third-order valence-corrected chi connectivity index (χ3v) is 1.68. The van der Waals surface area contributed by atoms with E-state index in [1.807, 2.05) is 0 Å². The van der Waals surface area contributed by atoms with Gasteiger partial charge in [0.1, 0.15) is 0 Å². The third-order valence-electron chi connectivity index (χ3n) is 1.28. The molecule has 10 heavy (non-hydrogen) atoms. The van der Waals surface area contributed by atoms with Gasteiger partial charge in [-0.15, -0.1) is 0 Å². The molecule has 0 unspecified atom stereocenters. The van der Waals surface area contributed by atoms with Crippen molar-refractivity contribution in [3.05, 3.63) is 28.3 Å². The fourth-order valence-corrected chi connectivity index (χ4v) is 0.768. The zero-order valence-electron chi connectivity index (χ0n) is 5.43. The second-order valence-corrected chi connectivity index (χ2v) is 2.37. The molecule has 1 aromatic heterocycles. The highest BCUT2D eigenvalue weighted by atomic mass is 35.5. The van der Waals surface area contributed by atoms with Gasteiger partial charge in [0.25, 0.3) is 0 Å². The summed E-state index contributed by atoms with van der Waals surface area (Å²) in [4.78, 5) is 0. The maximum absolute atomic E-state index is 9.03. The normalized spacial score (nSPS) is 9.80. The predicted octanol–water partition coefficient (Wildman–Crippen LogP) is 1.17. The van der Waals surface area contributed by atoms with Crippen molar-refractivity contribution in [2.24, 2.45) is 0 Å². The molecular weight excluding hydrogens is 152 g/mol. The molecule has 1 heterocycles. The number of pyridine rings is 1. The molecule has 54 valence electrons. The zero-order valence-corrected chi connectivity index (χ0v) is 6.18. The Kier molecular flexibility index (Phi) is 1.68. The van der Waals surface area contributed by atoms with Gasteiger partial charge in [0.15, 0.2) is 5.49 Å². The molecular formula is C6H7ClN2O. The van der Waals surface area contributed by atoms with Gasteiger partial charge in [-0.1, -0.05) is 11.6 Å². The van der Waals surface area contributed by atoms with Crippen LogP contribution in [0.1, 0.15) is 5.69 Å². The largest absolute Gasteiger partial charge is 0.427 e. The Morgan fingerprint density at radius 3 is 2.70 bits per heavy atom. The topological polar surface area (TPSA) is 49.0 Å². The van der Waals surface area contributed by atoms with Crippen LogP contribution >= 0.6 is 11.6 Å². The fourth-order valence-electron chi connectivity index (χ4n) is 0.625. The maximum atomic E-state index is 9.03. The van der Waals surface area contributed by atoms with E-state index < -0.39 is 0 Å². The summed E-state index contributed by atoms with van der Waals surface area (Å²) in [6.45, 7) is 1.64. The van der Waals surface area contributed by atoms with Crippen molar-refractivity contribution < 1.29 is 5.21 Å². The summed E-state index contributed by atoms with van der Waals surface area (Å²) in [6.07, 6.45) is 0. The van der Waals surface area contributed by atoms with Gasteiger partial charge in [0.2, 0.25) is 0 Å². The van der Waals surface area contributed by atoms with Gasteiger partial charge < -0.3 is 5.21 Å². The van der Waals surface area contributed by atoms with Gasteiger partial charge in [-0.05, 0) is 19.1 Å². The summed E-state index contributed by atoms with van der Waals surface area (Å²) in [5.41, 5.74) is 0.510. The van der Waals surface area contributed by atoms with E-state index in [9.17, 15) is 0 Å². The van der Waals surface area contributed by atoms with Gasteiger partial charge in [-0.25, -0.2) is 0 Å². The maximum Gasteiger partial charge on any atom is 0.160 e. The van der Waals surface area contributed by atoms with E-state index in [0.29, 0.717) is 10.7 Å². The lowest BCUT2D eigenvalue weighted by atomic mass is 10.4. The smallest absolute Gasteiger partial charge is 0.160 e. The van der Waals surface area contributed by atoms with Gasteiger partial charge in [-0.2, -0.15) is 4.73 Å². The van der Waals surface area contributed by atoms with E-state index in [0.717, 1.165) is 4.73 Å². The van der Waals surface area contributed by atoms with Crippen LogP contribution in [0.15, 0.2) is 12.1 Å². The van der Waals surface area contributed by atoms with Crippen LogP contribution in [0.5, 0.6) is 0 Å². The van der Waals surface area contributed by atoms with Gasteiger partial charge in [0, 0.05) is 0 Å². The minimum absolute atomic E-state index is 0.0295. The molecule has 0 aliphatic heterocycles. The fraction of sp³-hybridized carbons (Fsp3) is 0.167. The minimum Gasteiger partial charge on any atom is -0.427 e. The predicted molar refractivity (Wildman–Crippen MR) is 37.2 cm³/mol. The van der Waals surface area contributed by atoms with Gasteiger partial charge in [0.05, 0.1) is 10.7 Å². The second-order valence-electron chi connectivity index (χ2n) is 1.96. The van der Waals surface area contributed by atoms with Crippen LogP contribution in [0.4, 0.5) is 0 Å². The highest BCUT2D eigenvalue weighted by Gasteiger charge is 1.97. The molecule has 0 aromatic carbocycles. The van der Waals surface area contributed by atoms with Crippen molar-refractivity contribution in [3.8, 4) is 0 Å². The van der Waals surface area contributed by atoms with Crippen LogP contribution in [0.25, 0.3) is 0 Å². The molecule has 1 aromatic rings. The molecule has 4 heteroatoms. The minimum atomic E-state index is 0.0295. The molecule has 0 aliphatic rings. The lowest BCUT2D eigenvalue weighted by molar-refractivity contribution is 0.164. The average molecular weight is 159 g/mol. The Labute approximate surface area is 63.0 Å². The van der Waals surface area contributed by atoms with Crippen LogP contribution in [0.3, 0.4) is 0 Å². The van der Waals surface area contributed by atoms with Crippen molar-refractivity contribution in [2.75, 3.05) is 0 Å². The first-order chi connectivity index (χ1) is 4.63. The molecule has 0 bridgehead atoms. The average Bonchev–Trinajstić information content (AvgIpc) is 1.93. The summed E-state index contributed by atoms with van der Waals surface area (Å²) in [5.74, 6) is 0. The summed E-state index contributed by atoms with van der Waals surface area (Å²) >= 11 is 5.62. The standard InChI is InChI=1S/C6H7ClN2O/c1-4-5(7)2-3-6(8)9(4)10/h2-3,8,10H,1H3. The Balaban J connectivity index is 3.49. The number of rotatable bonds is 0. The Bertz CT molecular complexity index is 305. The Hall–Kier alpha value is -0.960. The highest BCUT2D eigenvalue weighted by molar-refractivity contribution is 6.31. The molecule has 0 saturated heterocycles. The summed E-state index contributed by atoms with van der Waals surface area (Å²) in [5, 5.41) is 16.6. The number of aromatic nitrogens is 1. The molecule has 1 rings (SSSR count). The third kappa shape index (κ3) is 0.998. The first-order valence-electron chi connectivity index (χ1n) is 2.75. The molecule has 0 saturated carbocycles. The van der Waals surface area contributed by atoms with Crippen molar-refractivity contribution in [1.29, 1.82) is 5.41 Å². The monoisotopic (exact) mass is 158 g/mol. The molecule has 0 amide bonds. The molecule has 0 atom stereocenters. The number of nitrogens with zero attached hydrogens (tertiary/aromatic N) is 1. The second kappa shape index (κ2) is 2.34. The summed E-state index contributed by atoms with van der Waals surface area (Å²) < 4.78 is 0.738. The molecule has 3 nitrogen and oxygen atoms in total. The molecule has 0 spiro atoms. The Morgan fingerprint density at radius 2 is 2.20 bits per heavy atom. The van der Waals surface area contributed by atoms with E-state index in [1.165, 1.54) is 6.07 Å². The van der Waals surface area contributed by atoms with Crippen LogP contribution < -0.4 is 5.49 Å². The number of nitrogens with one attached hydrogen (secondary N) is 1. The van der Waals surface area contributed by atoms with Crippen LogP contribution in [-0.2, 0) is 0 Å². The molecule has 0 aliphatic carbocycles. The first kappa shape index (κ1) is 7.15. The van der Waals surface area contributed by atoms with E-state index in [1.54, 1.807) is 13.0 Å². The molecule has 2 N–H and O–H groups in total. The van der Waals surface area contributed by atoms with E-state index in [2.05, 4.69) is 0 Å². The zero-order chi connectivity index (χ0) is 7.72. The molecule has 0 fully saturated rings. The number of hydrogen-bond acceptors (Lipinski definition) is 2. The summed E-state index contributed by atoms with van der Waals surface area (Å²) in [7, 11) is 0. The quantitative estimate of drug-likeness (QED) is 0.547. The van der Waals surface area contributed by atoms with E-state index in [4.69, 9.17) is 22.2 Å². The van der Waals surface area contributed by atoms with Gasteiger partial charge in [-0.3, -0.25) is 5.41 Å². The van der Waals surface area contributed by atoms with E-state index >= 15 is 0 Å². The van der Waals surface area contributed by atoms with Crippen molar-refractivity contribution >= 4 is 11.6 Å². The number of halogens is 1. The van der Waals surface area contributed by atoms with Gasteiger partial charge >= 0.3 is 0 Å². The Morgan fingerprint density at radius 1 is 1.60 bits per heavy atom. The summed E-state index contributed by atoms with van der Waals surface area (Å²) in [6, 6.07) is 3.00. The van der Waals surface area contributed by atoms with Crippen molar-refractivity contribution in [2.45, 2.75) is 6.92 Å². The molecule has 0 radical (unpaired) electrons.